The Hall–Kier alpha value is -3.41. The zero-order chi connectivity index (χ0) is 45.1. The molecule has 0 aliphatic rings. The van der Waals surface area contributed by atoms with Gasteiger partial charge in [0, 0.05) is 19.3 Å². The van der Waals surface area contributed by atoms with Crippen molar-refractivity contribution in [2.45, 2.75) is 239 Å². The Morgan fingerprint density at radius 2 is 0.629 bits per heavy atom. The van der Waals surface area contributed by atoms with Gasteiger partial charge in [0.15, 0.2) is 6.10 Å². The lowest BCUT2D eigenvalue weighted by Gasteiger charge is -2.18. The fourth-order valence-corrected chi connectivity index (χ4v) is 6.86. The summed E-state index contributed by atoms with van der Waals surface area (Å²) in [5, 5.41) is 0. The van der Waals surface area contributed by atoms with Gasteiger partial charge in [0.25, 0.3) is 0 Å². The Morgan fingerprint density at radius 1 is 0.339 bits per heavy atom. The molecule has 354 valence electrons. The minimum absolute atomic E-state index is 0.0837. The zero-order valence-electron chi connectivity index (χ0n) is 40.4. The molecule has 0 aliphatic carbocycles. The summed E-state index contributed by atoms with van der Waals surface area (Å²) in [7, 11) is 0. The standard InChI is InChI=1S/C56H94O6/c1-4-7-10-13-16-18-20-22-24-26-27-28-29-31-32-34-36-38-40-43-46-49-55(58)61-52-53(51-60-54(57)48-45-42-15-12-9-6-3)62-56(59)50-47-44-41-39-37-35-33-30-25-23-21-19-17-14-11-8-5-2/h7-8,10-11,16-19,22-25,27-28,53H,4-6,9,12-15,20-21,26,29-52H2,1-3H3/b10-7-,11-8-,18-16-,19-17-,24-22-,25-23-,28-27-. The summed E-state index contributed by atoms with van der Waals surface area (Å²) < 4.78 is 16.7. The predicted molar refractivity (Wildman–Crippen MR) is 265 cm³/mol. The summed E-state index contributed by atoms with van der Waals surface area (Å²) in [5.41, 5.74) is 0. The van der Waals surface area contributed by atoms with Gasteiger partial charge in [0.1, 0.15) is 13.2 Å². The van der Waals surface area contributed by atoms with Gasteiger partial charge in [-0.2, -0.15) is 0 Å². The molecule has 0 bridgehead atoms. The van der Waals surface area contributed by atoms with Gasteiger partial charge in [-0.05, 0) is 89.9 Å². The summed E-state index contributed by atoms with van der Waals surface area (Å²) in [6.07, 6.45) is 64.5. The average molecular weight is 863 g/mol. The van der Waals surface area contributed by atoms with Crippen LogP contribution in [0.1, 0.15) is 233 Å². The van der Waals surface area contributed by atoms with E-state index < -0.39 is 6.10 Å². The maximum atomic E-state index is 12.7. The first-order valence-corrected chi connectivity index (χ1v) is 25.6. The first-order chi connectivity index (χ1) is 30.5. The number of carbonyl (C=O) groups is 3. The second-order valence-electron chi connectivity index (χ2n) is 16.7. The number of allylic oxidation sites excluding steroid dienone is 14. The molecule has 0 radical (unpaired) electrons. The molecule has 6 nitrogen and oxygen atoms in total. The quantitative estimate of drug-likeness (QED) is 0.0263. The summed E-state index contributed by atoms with van der Waals surface area (Å²) in [6, 6.07) is 0. The van der Waals surface area contributed by atoms with Crippen LogP contribution in [0, 0.1) is 0 Å². The van der Waals surface area contributed by atoms with Crippen LogP contribution in [0.25, 0.3) is 0 Å². The largest absolute Gasteiger partial charge is 0.462 e. The Balaban J connectivity index is 4.24. The van der Waals surface area contributed by atoms with Crippen LogP contribution in [0.3, 0.4) is 0 Å². The summed E-state index contributed by atoms with van der Waals surface area (Å²) in [6.45, 7) is 6.34. The van der Waals surface area contributed by atoms with E-state index >= 15 is 0 Å². The monoisotopic (exact) mass is 863 g/mol. The highest BCUT2D eigenvalue weighted by Gasteiger charge is 2.19. The molecule has 0 amide bonds. The van der Waals surface area contributed by atoms with E-state index in [1.165, 1.54) is 77.0 Å². The van der Waals surface area contributed by atoms with Gasteiger partial charge in [-0.1, -0.05) is 209 Å². The number of carbonyl (C=O) groups excluding carboxylic acids is 3. The Labute approximate surface area is 382 Å². The first kappa shape index (κ1) is 58.6. The molecule has 0 rings (SSSR count). The van der Waals surface area contributed by atoms with Gasteiger partial charge in [-0.3, -0.25) is 14.4 Å². The third-order valence-electron chi connectivity index (χ3n) is 10.6. The van der Waals surface area contributed by atoms with E-state index in [0.717, 1.165) is 116 Å². The van der Waals surface area contributed by atoms with Crippen LogP contribution in [0.5, 0.6) is 0 Å². The Kier molecular flexibility index (Phi) is 47.5. The molecule has 6 heteroatoms. The van der Waals surface area contributed by atoms with Gasteiger partial charge in [0.05, 0.1) is 0 Å². The van der Waals surface area contributed by atoms with E-state index in [4.69, 9.17) is 14.2 Å². The van der Waals surface area contributed by atoms with Crippen molar-refractivity contribution in [3.8, 4) is 0 Å². The molecule has 1 atom stereocenters. The van der Waals surface area contributed by atoms with Crippen LogP contribution in [-0.2, 0) is 28.6 Å². The number of hydrogen-bond donors (Lipinski definition) is 0. The van der Waals surface area contributed by atoms with Crippen molar-refractivity contribution < 1.29 is 28.6 Å². The second kappa shape index (κ2) is 50.2. The molecule has 0 N–H and O–H groups in total. The fourth-order valence-electron chi connectivity index (χ4n) is 6.86. The van der Waals surface area contributed by atoms with Crippen molar-refractivity contribution in [2.24, 2.45) is 0 Å². The van der Waals surface area contributed by atoms with Gasteiger partial charge >= 0.3 is 17.9 Å². The zero-order valence-corrected chi connectivity index (χ0v) is 40.4. The topological polar surface area (TPSA) is 78.9 Å². The van der Waals surface area contributed by atoms with Gasteiger partial charge in [-0.15, -0.1) is 0 Å². The van der Waals surface area contributed by atoms with Crippen molar-refractivity contribution in [3.63, 3.8) is 0 Å². The molecule has 0 aromatic rings. The van der Waals surface area contributed by atoms with E-state index in [2.05, 4.69) is 106 Å². The molecule has 0 saturated carbocycles. The van der Waals surface area contributed by atoms with E-state index in [0.29, 0.717) is 19.3 Å². The SMILES string of the molecule is CC/C=C\C/C=C\C/C=C\C/C=C\CCCCCCCCCCC(=O)OCC(COC(=O)CCCCCCCC)OC(=O)CCCCCCCCC/C=C\C/C=C\C/C=C\CC. The van der Waals surface area contributed by atoms with Crippen molar-refractivity contribution >= 4 is 17.9 Å². The normalized spacial score (nSPS) is 12.8. The first-order valence-electron chi connectivity index (χ1n) is 25.6. The van der Waals surface area contributed by atoms with Crippen LogP contribution in [-0.4, -0.2) is 37.2 Å². The van der Waals surface area contributed by atoms with Crippen molar-refractivity contribution in [1.82, 2.24) is 0 Å². The number of ether oxygens (including phenoxy) is 3. The molecule has 0 aliphatic heterocycles. The van der Waals surface area contributed by atoms with E-state index in [-0.39, 0.29) is 31.1 Å². The summed E-state index contributed by atoms with van der Waals surface area (Å²) in [5.74, 6) is -0.913. The van der Waals surface area contributed by atoms with Crippen molar-refractivity contribution in [2.75, 3.05) is 13.2 Å². The lowest BCUT2D eigenvalue weighted by molar-refractivity contribution is -0.167. The Bertz CT molecular complexity index is 1220. The van der Waals surface area contributed by atoms with Gasteiger partial charge in [-0.25, -0.2) is 0 Å². The number of rotatable bonds is 45. The molecule has 1 unspecified atom stereocenters. The molecule has 0 spiro atoms. The maximum Gasteiger partial charge on any atom is 0.306 e. The molecule has 62 heavy (non-hydrogen) atoms. The molecule has 0 aromatic heterocycles. The van der Waals surface area contributed by atoms with E-state index in [1.807, 2.05) is 0 Å². The van der Waals surface area contributed by atoms with Crippen LogP contribution in [0.4, 0.5) is 0 Å². The number of unbranched alkanes of at least 4 members (excludes halogenated alkanes) is 20. The van der Waals surface area contributed by atoms with Crippen molar-refractivity contribution in [3.05, 3.63) is 85.1 Å². The Morgan fingerprint density at radius 3 is 0.984 bits per heavy atom. The summed E-state index contributed by atoms with van der Waals surface area (Å²) >= 11 is 0. The molecule has 0 aromatic carbocycles. The number of esters is 3. The smallest absolute Gasteiger partial charge is 0.306 e. The second-order valence-corrected chi connectivity index (χ2v) is 16.7. The lowest BCUT2D eigenvalue weighted by Crippen LogP contribution is -2.30. The minimum atomic E-state index is -0.782. The van der Waals surface area contributed by atoms with Crippen LogP contribution in [0.2, 0.25) is 0 Å². The summed E-state index contributed by atoms with van der Waals surface area (Å²) in [4.78, 5) is 37.8. The fraction of sp³-hybridized carbons (Fsp3) is 0.696. The highest BCUT2D eigenvalue weighted by Crippen LogP contribution is 2.14. The van der Waals surface area contributed by atoms with Crippen LogP contribution in [0.15, 0.2) is 85.1 Å². The van der Waals surface area contributed by atoms with E-state index in [9.17, 15) is 14.4 Å². The average Bonchev–Trinajstić information content (AvgIpc) is 3.27. The molecule has 0 fully saturated rings. The third kappa shape index (κ3) is 47.6. The lowest BCUT2D eigenvalue weighted by atomic mass is 10.1. The van der Waals surface area contributed by atoms with Gasteiger partial charge in [0.2, 0.25) is 0 Å². The molecular weight excluding hydrogens is 769 g/mol. The highest BCUT2D eigenvalue weighted by atomic mass is 16.6. The minimum Gasteiger partial charge on any atom is -0.462 e. The van der Waals surface area contributed by atoms with Crippen molar-refractivity contribution in [1.29, 1.82) is 0 Å². The van der Waals surface area contributed by atoms with Gasteiger partial charge < -0.3 is 14.2 Å². The molecular formula is C56H94O6. The third-order valence-corrected chi connectivity index (χ3v) is 10.6. The maximum absolute atomic E-state index is 12.7. The number of hydrogen-bond acceptors (Lipinski definition) is 6. The van der Waals surface area contributed by atoms with Crippen LogP contribution < -0.4 is 0 Å². The van der Waals surface area contributed by atoms with E-state index in [1.54, 1.807) is 0 Å². The molecule has 0 saturated heterocycles. The van der Waals surface area contributed by atoms with Crippen LogP contribution >= 0.6 is 0 Å². The predicted octanol–water partition coefficient (Wildman–Crippen LogP) is 16.8. The molecule has 0 heterocycles. The highest BCUT2D eigenvalue weighted by molar-refractivity contribution is 5.71.